The number of aromatic nitrogens is 1. The number of nitrogens with zero attached hydrogens (tertiary/aromatic N) is 1. The Hall–Kier alpha value is -1.29. The van der Waals surface area contributed by atoms with Gasteiger partial charge in [0.25, 0.3) is 0 Å². The molecule has 0 saturated carbocycles. The molecule has 56 valence electrons. The minimum atomic E-state index is 0.438. The summed E-state index contributed by atoms with van der Waals surface area (Å²) in [6, 6.07) is 3.57. The summed E-state index contributed by atoms with van der Waals surface area (Å²) in [6.07, 6.45) is 1.75. The van der Waals surface area contributed by atoms with Crippen molar-refractivity contribution in [3.63, 3.8) is 0 Å². The van der Waals surface area contributed by atoms with Crippen LogP contribution >= 0.6 is 11.3 Å². The average molecular weight is 166 g/mol. The molecule has 4 heteroatoms. The fourth-order valence-electron chi connectivity index (χ4n) is 0.823. The second-order valence-corrected chi connectivity index (χ2v) is 2.95. The van der Waals surface area contributed by atoms with Gasteiger partial charge in [0.05, 0.1) is 10.4 Å². The Morgan fingerprint density at radius 2 is 2.36 bits per heavy atom. The Kier molecular flexibility index (Phi) is 1.40. The Morgan fingerprint density at radius 1 is 1.45 bits per heavy atom. The van der Waals surface area contributed by atoms with Crippen molar-refractivity contribution in [1.82, 2.24) is 4.98 Å². The summed E-state index contributed by atoms with van der Waals surface area (Å²) in [4.78, 5) is 4.93. The largest absolute Gasteiger partial charge is 0.440 e. The van der Waals surface area contributed by atoms with E-state index in [9.17, 15) is 0 Å². The zero-order chi connectivity index (χ0) is 7.68. The van der Waals surface area contributed by atoms with Crippen LogP contribution in [0, 0.1) is 0 Å². The van der Waals surface area contributed by atoms with Crippen LogP contribution < -0.4 is 5.73 Å². The molecule has 0 aliphatic carbocycles. The molecule has 0 radical (unpaired) electrons. The highest BCUT2D eigenvalue weighted by Gasteiger charge is 2.02. The molecule has 0 unspecified atom stereocenters. The van der Waals surface area contributed by atoms with Crippen molar-refractivity contribution in [2.45, 2.75) is 0 Å². The normalized spacial score (nSPS) is 10.2. The van der Waals surface area contributed by atoms with Gasteiger partial charge in [-0.25, -0.2) is 0 Å². The van der Waals surface area contributed by atoms with Gasteiger partial charge in [-0.2, -0.15) is 0 Å². The van der Waals surface area contributed by atoms with Crippen molar-refractivity contribution in [2.75, 3.05) is 5.73 Å². The molecular formula is C7H6N2OS. The van der Waals surface area contributed by atoms with Gasteiger partial charge in [0.15, 0.2) is 5.88 Å². The van der Waals surface area contributed by atoms with Crippen LogP contribution in [0.1, 0.15) is 0 Å². The van der Waals surface area contributed by atoms with E-state index >= 15 is 0 Å². The van der Waals surface area contributed by atoms with Gasteiger partial charge >= 0.3 is 0 Å². The van der Waals surface area contributed by atoms with Crippen LogP contribution in [0.5, 0.6) is 0 Å². The van der Waals surface area contributed by atoms with Gasteiger partial charge in [-0.15, -0.1) is 11.3 Å². The van der Waals surface area contributed by atoms with Crippen LogP contribution in [-0.2, 0) is 0 Å². The van der Waals surface area contributed by atoms with Crippen molar-refractivity contribution in [2.24, 2.45) is 0 Å². The van der Waals surface area contributed by atoms with Crippen molar-refractivity contribution in [1.29, 1.82) is 0 Å². The van der Waals surface area contributed by atoms with Crippen molar-refractivity contribution >= 4 is 17.2 Å². The third-order valence-corrected chi connectivity index (χ3v) is 2.09. The minimum absolute atomic E-state index is 0.438. The molecule has 0 aliphatic rings. The molecule has 11 heavy (non-hydrogen) atoms. The molecule has 0 aromatic carbocycles. The Balaban J connectivity index is 2.45. The van der Waals surface area contributed by atoms with E-state index in [1.165, 1.54) is 11.3 Å². The van der Waals surface area contributed by atoms with Gasteiger partial charge in [-0.3, -0.25) is 4.98 Å². The zero-order valence-corrected chi connectivity index (χ0v) is 6.47. The highest BCUT2D eigenvalue weighted by atomic mass is 32.1. The summed E-state index contributed by atoms with van der Waals surface area (Å²) >= 11 is 1.53. The molecule has 0 atom stereocenters. The van der Waals surface area contributed by atoms with Crippen LogP contribution in [0.15, 0.2) is 28.3 Å². The van der Waals surface area contributed by atoms with E-state index in [0.29, 0.717) is 5.88 Å². The molecular weight excluding hydrogens is 160 g/mol. The maximum Gasteiger partial charge on any atom is 0.191 e. The van der Waals surface area contributed by atoms with Crippen molar-refractivity contribution in [3.05, 3.63) is 23.8 Å². The average Bonchev–Trinajstić information content (AvgIpc) is 2.55. The van der Waals surface area contributed by atoms with E-state index in [2.05, 4.69) is 4.98 Å². The number of rotatable bonds is 1. The molecule has 0 spiro atoms. The fourth-order valence-corrected chi connectivity index (χ4v) is 1.41. The molecule has 2 heterocycles. The summed E-state index contributed by atoms with van der Waals surface area (Å²) < 4.78 is 5.18. The highest BCUT2D eigenvalue weighted by Crippen LogP contribution is 2.25. The maximum absolute atomic E-state index is 5.40. The third kappa shape index (κ3) is 1.12. The van der Waals surface area contributed by atoms with Crippen LogP contribution in [0.2, 0.25) is 0 Å². The lowest BCUT2D eigenvalue weighted by atomic mass is 10.4. The molecule has 0 aliphatic heterocycles. The Labute approximate surface area is 67.5 Å². The number of hydrogen-bond acceptors (Lipinski definition) is 4. The standard InChI is InChI=1S/C7H6N2OS/c8-7-2-1-5(10-7)6-3-9-4-11-6/h1-4H,8H2. The minimum Gasteiger partial charge on any atom is -0.440 e. The van der Waals surface area contributed by atoms with Gasteiger partial charge < -0.3 is 10.2 Å². The number of hydrogen-bond donors (Lipinski definition) is 1. The molecule has 2 aromatic heterocycles. The quantitative estimate of drug-likeness (QED) is 0.704. The molecule has 0 saturated heterocycles. The zero-order valence-electron chi connectivity index (χ0n) is 5.65. The summed E-state index contributed by atoms with van der Waals surface area (Å²) in [5.74, 6) is 1.22. The van der Waals surface area contributed by atoms with E-state index in [0.717, 1.165) is 10.6 Å². The third-order valence-electron chi connectivity index (χ3n) is 1.30. The van der Waals surface area contributed by atoms with E-state index < -0.39 is 0 Å². The number of nitrogens with two attached hydrogens (primary N) is 1. The number of nitrogen functional groups attached to an aromatic ring is 1. The smallest absolute Gasteiger partial charge is 0.191 e. The second-order valence-electron chi connectivity index (χ2n) is 2.07. The van der Waals surface area contributed by atoms with Crippen molar-refractivity contribution < 1.29 is 4.42 Å². The molecule has 0 bridgehead atoms. The predicted molar refractivity (Wildman–Crippen MR) is 44.2 cm³/mol. The molecule has 2 aromatic rings. The van der Waals surface area contributed by atoms with E-state index in [1.807, 2.05) is 6.07 Å². The molecule has 0 fully saturated rings. The van der Waals surface area contributed by atoms with Gasteiger partial charge in [0.2, 0.25) is 0 Å². The van der Waals surface area contributed by atoms with Gasteiger partial charge in [-0.1, -0.05) is 0 Å². The predicted octanol–water partition coefficient (Wildman–Crippen LogP) is 1.99. The lowest BCUT2D eigenvalue weighted by Gasteiger charge is -1.85. The lowest BCUT2D eigenvalue weighted by Crippen LogP contribution is -1.75. The van der Waals surface area contributed by atoms with Crippen molar-refractivity contribution in [3.8, 4) is 10.6 Å². The second kappa shape index (κ2) is 2.39. The van der Waals surface area contributed by atoms with Crippen LogP contribution in [0.3, 0.4) is 0 Å². The summed E-state index contributed by atoms with van der Waals surface area (Å²) in [6.45, 7) is 0. The molecule has 3 nitrogen and oxygen atoms in total. The number of thiazole rings is 1. The lowest BCUT2D eigenvalue weighted by molar-refractivity contribution is 0.604. The van der Waals surface area contributed by atoms with E-state index in [-0.39, 0.29) is 0 Å². The van der Waals surface area contributed by atoms with E-state index in [4.69, 9.17) is 10.2 Å². The SMILES string of the molecule is Nc1ccc(-c2cncs2)o1. The molecule has 2 rings (SSSR count). The van der Waals surface area contributed by atoms with Gasteiger partial charge in [0.1, 0.15) is 5.76 Å². The Morgan fingerprint density at radius 3 is 2.91 bits per heavy atom. The first kappa shape index (κ1) is 6.42. The van der Waals surface area contributed by atoms with Crippen LogP contribution in [0.25, 0.3) is 10.6 Å². The summed E-state index contributed by atoms with van der Waals surface area (Å²) in [7, 11) is 0. The molecule has 0 amide bonds. The fraction of sp³-hybridized carbons (Fsp3) is 0. The first-order chi connectivity index (χ1) is 5.36. The van der Waals surface area contributed by atoms with Gasteiger partial charge in [-0.05, 0) is 6.07 Å². The summed E-state index contributed by atoms with van der Waals surface area (Å²) in [5.41, 5.74) is 7.16. The first-order valence-electron chi connectivity index (χ1n) is 3.10. The number of furan rings is 1. The summed E-state index contributed by atoms with van der Waals surface area (Å²) in [5, 5.41) is 0. The van der Waals surface area contributed by atoms with Crippen LogP contribution in [0.4, 0.5) is 5.88 Å². The number of anilines is 1. The van der Waals surface area contributed by atoms with Gasteiger partial charge in [0, 0.05) is 12.3 Å². The molecule has 2 N–H and O–H groups in total. The van der Waals surface area contributed by atoms with E-state index in [1.54, 1.807) is 17.8 Å². The van der Waals surface area contributed by atoms with Crippen LogP contribution in [-0.4, -0.2) is 4.98 Å². The first-order valence-corrected chi connectivity index (χ1v) is 3.98. The highest BCUT2D eigenvalue weighted by molar-refractivity contribution is 7.13. The Bertz CT molecular complexity index is 339. The topological polar surface area (TPSA) is 52.0 Å². The maximum atomic E-state index is 5.40. The monoisotopic (exact) mass is 166 g/mol.